The molecule has 1 heterocycles. The van der Waals surface area contributed by atoms with Gasteiger partial charge in [-0.3, -0.25) is 0 Å². The minimum atomic E-state index is 0.277. The molecule has 1 aliphatic heterocycles. The van der Waals surface area contributed by atoms with Gasteiger partial charge in [-0.2, -0.15) is 0 Å². The van der Waals surface area contributed by atoms with Gasteiger partial charge >= 0.3 is 0 Å². The van der Waals surface area contributed by atoms with Crippen LogP contribution >= 0.6 is 0 Å². The number of epoxide rings is 1. The molecule has 2 atom stereocenters. The molecule has 0 aromatic rings. The molecule has 1 fully saturated rings. The fraction of sp³-hybridized carbons (Fsp3) is 1.00. The van der Waals surface area contributed by atoms with E-state index in [1.165, 1.54) is 70.6 Å². The molecule has 1 aliphatic rings. The first-order chi connectivity index (χ1) is 8.88. The van der Waals surface area contributed by atoms with Gasteiger partial charge in [0.2, 0.25) is 0 Å². The number of hydrogen-bond donors (Lipinski definition) is 1. The van der Waals surface area contributed by atoms with Gasteiger partial charge in [0.1, 0.15) is 0 Å². The molecule has 1 saturated heterocycles. The maximum absolute atomic E-state index is 8.76. The number of hydrogen-bond acceptors (Lipinski definition) is 2. The Morgan fingerprint density at radius 3 is 1.78 bits per heavy atom. The Balaban J connectivity index is 1.69. The smallest absolute Gasteiger partial charge is 0.0863 e. The first-order valence-electron chi connectivity index (χ1n) is 8.14. The van der Waals surface area contributed by atoms with E-state index >= 15 is 0 Å². The molecule has 0 spiro atoms. The standard InChI is InChI=1S/C16H32O2/c1-2-3-4-5-6-7-8-9-10-11-12-15-16(18-15)13-14-17/h15-17H,2-14H2,1H3. The van der Waals surface area contributed by atoms with Crippen LogP contribution in [0.4, 0.5) is 0 Å². The van der Waals surface area contributed by atoms with Crippen molar-refractivity contribution in [2.24, 2.45) is 0 Å². The van der Waals surface area contributed by atoms with Crippen LogP contribution in [-0.4, -0.2) is 23.9 Å². The van der Waals surface area contributed by atoms with Crippen LogP contribution in [0.1, 0.15) is 84.0 Å². The minimum Gasteiger partial charge on any atom is -0.396 e. The van der Waals surface area contributed by atoms with Gasteiger partial charge in [-0.15, -0.1) is 0 Å². The summed E-state index contributed by atoms with van der Waals surface area (Å²) < 4.78 is 5.48. The van der Waals surface area contributed by atoms with Gasteiger partial charge in [0.15, 0.2) is 0 Å². The molecule has 108 valence electrons. The van der Waals surface area contributed by atoms with Gasteiger partial charge in [0.05, 0.1) is 12.2 Å². The quantitative estimate of drug-likeness (QED) is 0.390. The van der Waals surface area contributed by atoms with Crippen LogP contribution < -0.4 is 0 Å². The average Bonchev–Trinajstić information content (AvgIpc) is 3.11. The number of aliphatic hydroxyl groups is 1. The second kappa shape index (κ2) is 10.8. The van der Waals surface area contributed by atoms with Crippen molar-refractivity contribution in [2.45, 2.75) is 96.2 Å². The molecule has 0 aliphatic carbocycles. The third-order valence-electron chi connectivity index (χ3n) is 3.94. The zero-order chi connectivity index (χ0) is 13.1. The number of unbranched alkanes of at least 4 members (excludes halogenated alkanes) is 9. The first kappa shape index (κ1) is 16.0. The molecule has 2 unspecified atom stereocenters. The summed E-state index contributed by atoms with van der Waals surface area (Å²) in [6, 6.07) is 0. The highest BCUT2D eigenvalue weighted by Crippen LogP contribution is 2.29. The summed E-state index contributed by atoms with van der Waals surface area (Å²) in [5.41, 5.74) is 0. The SMILES string of the molecule is CCCCCCCCCCCCC1OC1CCO. The van der Waals surface area contributed by atoms with Crippen molar-refractivity contribution in [2.75, 3.05) is 6.61 Å². The maximum atomic E-state index is 8.76. The highest BCUT2D eigenvalue weighted by atomic mass is 16.6. The lowest BCUT2D eigenvalue weighted by Gasteiger charge is -2.01. The number of ether oxygens (including phenoxy) is 1. The molecule has 1 rings (SSSR count). The van der Waals surface area contributed by atoms with Crippen molar-refractivity contribution in [3.05, 3.63) is 0 Å². The Bertz CT molecular complexity index is 182. The molecule has 18 heavy (non-hydrogen) atoms. The van der Waals surface area contributed by atoms with E-state index < -0.39 is 0 Å². The van der Waals surface area contributed by atoms with Gasteiger partial charge in [-0.1, -0.05) is 71.1 Å². The highest BCUT2D eigenvalue weighted by Gasteiger charge is 2.36. The summed E-state index contributed by atoms with van der Waals surface area (Å²) in [4.78, 5) is 0. The van der Waals surface area contributed by atoms with Crippen LogP contribution in [0.15, 0.2) is 0 Å². The maximum Gasteiger partial charge on any atom is 0.0863 e. The van der Waals surface area contributed by atoms with Crippen LogP contribution in [0.3, 0.4) is 0 Å². The third kappa shape index (κ3) is 8.10. The summed E-state index contributed by atoms with van der Waals surface area (Å²) >= 11 is 0. The molecule has 2 nitrogen and oxygen atoms in total. The zero-order valence-corrected chi connectivity index (χ0v) is 12.2. The van der Waals surface area contributed by atoms with Crippen LogP contribution in [0.2, 0.25) is 0 Å². The summed E-state index contributed by atoms with van der Waals surface area (Å²) in [5.74, 6) is 0. The summed E-state index contributed by atoms with van der Waals surface area (Å²) in [7, 11) is 0. The van der Waals surface area contributed by atoms with E-state index in [9.17, 15) is 0 Å². The van der Waals surface area contributed by atoms with Gasteiger partial charge < -0.3 is 9.84 Å². The number of rotatable bonds is 13. The lowest BCUT2D eigenvalue weighted by Crippen LogP contribution is -1.96. The van der Waals surface area contributed by atoms with Gasteiger partial charge in [0.25, 0.3) is 0 Å². The van der Waals surface area contributed by atoms with Gasteiger partial charge in [-0.25, -0.2) is 0 Å². The highest BCUT2D eigenvalue weighted by molar-refractivity contribution is 4.83. The Morgan fingerprint density at radius 2 is 1.22 bits per heavy atom. The van der Waals surface area contributed by atoms with Crippen molar-refractivity contribution in [1.82, 2.24) is 0 Å². The Labute approximate surface area is 113 Å². The fourth-order valence-electron chi connectivity index (χ4n) is 2.65. The third-order valence-corrected chi connectivity index (χ3v) is 3.94. The van der Waals surface area contributed by atoms with Crippen LogP contribution in [0, 0.1) is 0 Å². The van der Waals surface area contributed by atoms with Gasteiger partial charge in [-0.05, 0) is 12.8 Å². The second-order valence-electron chi connectivity index (χ2n) is 5.70. The first-order valence-corrected chi connectivity index (χ1v) is 8.14. The van der Waals surface area contributed by atoms with Crippen molar-refractivity contribution in [3.8, 4) is 0 Å². The van der Waals surface area contributed by atoms with E-state index in [0.717, 1.165) is 6.42 Å². The van der Waals surface area contributed by atoms with E-state index in [4.69, 9.17) is 9.84 Å². The van der Waals surface area contributed by atoms with Crippen LogP contribution in [0.5, 0.6) is 0 Å². The molecule has 0 aromatic carbocycles. The topological polar surface area (TPSA) is 32.8 Å². The second-order valence-corrected chi connectivity index (χ2v) is 5.70. The lowest BCUT2D eigenvalue weighted by molar-refractivity contribution is 0.262. The predicted molar refractivity (Wildman–Crippen MR) is 76.8 cm³/mol. The van der Waals surface area contributed by atoms with E-state index in [-0.39, 0.29) is 6.61 Å². The molecule has 0 bridgehead atoms. The largest absolute Gasteiger partial charge is 0.396 e. The van der Waals surface area contributed by atoms with Gasteiger partial charge in [0, 0.05) is 6.61 Å². The van der Waals surface area contributed by atoms with E-state index in [0.29, 0.717) is 12.2 Å². The summed E-state index contributed by atoms with van der Waals surface area (Å²) in [5, 5.41) is 8.76. The van der Waals surface area contributed by atoms with Crippen molar-refractivity contribution >= 4 is 0 Å². The van der Waals surface area contributed by atoms with E-state index in [1.807, 2.05) is 0 Å². The lowest BCUT2D eigenvalue weighted by atomic mass is 10.0. The molecular formula is C16H32O2. The zero-order valence-electron chi connectivity index (χ0n) is 12.2. The number of aliphatic hydroxyl groups excluding tert-OH is 1. The average molecular weight is 256 g/mol. The normalized spacial score (nSPS) is 22.3. The Kier molecular flexibility index (Phi) is 9.59. The van der Waals surface area contributed by atoms with Crippen LogP contribution in [0.25, 0.3) is 0 Å². The van der Waals surface area contributed by atoms with Crippen molar-refractivity contribution in [1.29, 1.82) is 0 Å². The molecule has 0 saturated carbocycles. The predicted octanol–water partition coefficient (Wildman–Crippen LogP) is 4.45. The molecule has 0 amide bonds. The fourth-order valence-corrected chi connectivity index (χ4v) is 2.65. The summed E-state index contributed by atoms with van der Waals surface area (Å²) in [6.45, 7) is 2.55. The van der Waals surface area contributed by atoms with E-state index in [2.05, 4.69) is 6.92 Å². The molecular weight excluding hydrogens is 224 g/mol. The molecule has 0 aromatic heterocycles. The van der Waals surface area contributed by atoms with E-state index in [1.54, 1.807) is 0 Å². The molecule has 1 N–H and O–H groups in total. The minimum absolute atomic E-state index is 0.277. The monoisotopic (exact) mass is 256 g/mol. The molecule has 2 heteroatoms. The van der Waals surface area contributed by atoms with Crippen LogP contribution in [-0.2, 0) is 4.74 Å². The molecule has 0 radical (unpaired) electrons. The summed E-state index contributed by atoms with van der Waals surface area (Å²) in [6.07, 6.45) is 16.9. The van der Waals surface area contributed by atoms with Crippen molar-refractivity contribution < 1.29 is 9.84 Å². The Hall–Kier alpha value is -0.0800. The van der Waals surface area contributed by atoms with Crippen molar-refractivity contribution in [3.63, 3.8) is 0 Å². The Morgan fingerprint density at radius 1 is 0.722 bits per heavy atom.